The second-order valence-electron chi connectivity index (χ2n) is 5.14. The Kier molecular flexibility index (Phi) is 5.16. The molecule has 0 aromatic carbocycles. The second kappa shape index (κ2) is 6.70. The molecule has 21 heavy (non-hydrogen) atoms. The van der Waals surface area contributed by atoms with Gasteiger partial charge in [0, 0.05) is 26.6 Å². The summed E-state index contributed by atoms with van der Waals surface area (Å²) in [4.78, 5) is 24.8. The Bertz CT molecular complexity index is 555. The van der Waals surface area contributed by atoms with E-state index < -0.39 is 0 Å². The summed E-state index contributed by atoms with van der Waals surface area (Å²) in [6, 6.07) is -0.301. The summed E-state index contributed by atoms with van der Waals surface area (Å²) in [7, 11) is 1.54. The van der Waals surface area contributed by atoms with E-state index in [1.165, 1.54) is 4.90 Å². The van der Waals surface area contributed by atoms with Crippen LogP contribution in [0, 0.1) is 0 Å². The first-order valence-corrected chi connectivity index (χ1v) is 8.06. The summed E-state index contributed by atoms with van der Waals surface area (Å²) < 4.78 is 2.95. The van der Waals surface area contributed by atoms with Gasteiger partial charge in [-0.1, -0.05) is 6.92 Å². The highest BCUT2D eigenvalue weighted by Crippen LogP contribution is 2.23. The van der Waals surface area contributed by atoms with Crippen LogP contribution in [0.3, 0.4) is 0 Å². The normalized spacial score (nSPS) is 19.4. The van der Waals surface area contributed by atoms with Crippen LogP contribution in [-0.4, -0.2) is 39.6 Å². The monoisotopic (exact) mass is 356 g/mol. The molecule has 6 nitrogen and oxygen atoms in total. The molecule has 1 aromatic rings. The van der Waals surface area contributed by atoms with Crippen LogP contribution in [0.2, 0.25) is 0 Å². The number of piperidine rings is 1. The lowest BCUT2D eigenvalue weighted by atomic mass is 10.0. The largest absolute Gasteiger partial charge is 0.300 e. The summed E-state index contributed by atoms with van der Waals surface area (Å²) >= 11 is 3.59. The van der Waals surface area contributed by atoms with Crippen molar-refractivity contribution in [3.8, 4) is 0 Å². The molecule has 1 saturated heterocycles. The molecule has 1 fully saturated rings. The average molecular weight is 357 g/mol. The molecule has 7 heteroatoms. The molecule has 0 radical (unpaired) electrons. The Morgan fingerprint density at radius 1 is 1.38 bits per heavy atom. The molecule has 1 atom stereocenters. The van der Waals surface area contributed by atoms with Crippen molar-refractivity contribution in [2.24, 2.45) is 0 Å². The van der Waals surface area contributed by atoms with E-state index in [1.807, 2.05) is 11.6 Å². The summed E-state index contributed by atoms with van der Waals surface area (Å²) in [5.74, 6) is -0.258. The van der Waals surface area contributed by atoms with Gasteiger partial charge in [-0.15, -0.1) is 0 Å². The molecule has 116 valence electrons. The van der Waals surface area contributed by atoms with Gasteiger partial charge in [0.1, 0.15) is 0 Å². The number of halogens is 1. The van der Waals surface area contributed by atoms with Crippen molar-refractivity contribution in [2.75, 3.05) is 7.05 Å². The average Bonchev–Trinajstić information content (AvgIpc) is 2.80. The summed E-state index contributed by atoms with van der Waals surface area (Å²) in [5, 5.41) is 7.79. The van der Waals surface area contributed by atoms with E-state index in [9.17, 15) is 9.59 Å². The highest BCUT2D eigenvalue weighted by Gasteiger charge is 2.31. The first kappa shape index (κ1) is 16.2. The minimum Gasteiger partial charge on any atom is -0.300 e. The maximum absolute atomic E-state index is 12.1. The van der Waals surface area contributed by atoms with Gasteiger partial charge in [0.15, 0.2) is 0 Å². The van der Waals surface area contributed by atoms with Crippen LogP contribution in [0.1, 0.15) is 38.1 Å². The Balaban J connectivity index is 2.08. The molecule has 0 bridgehead atoms. The molecule has 0 saturated carbocycles. The van der Waals surface area contributed by atoms with Gasteiger partial charge in [-0.2, -0.15) is 5.10 Å². The number of nitrogens with zero attached hydrogens (tertiary/aromatic N) is 3. The number of likely N-dealkylation sites (tertiary alicyclic amines) is 1. The zero-order valence-corrected chi connectivity index (χ0v) is 14.2. The molecule has 2 heterocycles. The van der Waals surface area contributed by atoms with Crippen LogP contribution < -0.4 is 5.32 Å². The van der Waals surface area contributed by atoms with Gasteiger partial charge in [-0.3, -0.25) is 19.2 Å². The topological polar surface area (TPSA) is 67.2 Å². The third-order valence-electron chi connectivity index (χ3n) is 3.86. The smallest absolute Gasteiger partial charge is 0.246 e. The minimum atomic E-state index is -0.301. The Hall–Kier alpha value is -1.21. The second-order valence-corrected chi connectivity index (χ2v) is 5.93. The quantitative estimate of drug-likeness (QED) is 0.811. The maximum Gasteiger partial charge on any atom is 0.246 e. The zero-order chi connectivity index (χ0) is 15.6. The minimum absolute atomic E-state index is 0.105. The fourth-order valence-corrected chi connectivity index (χ4v) is 3.22. The van der Waals surface area contributed by atoms with Gasteiger partial charge in [0.25, 0.3) is 0 Å². The van der Waals surface area contributed by atoms with Crippen molar-refractivity contribution in [2.45, 2.75) is 52.2 Å². The molecule has 0 aliphatic carbocycles. The molecule has 2 amide bonds. The van der Waals surface area contributed by atoms with Gasteiger partial charge < -0.3 is 5.32 Å². The van der Waals surface area contributed by atoms with Crippen molar-refractivity contribution in [1.29, 1.82) is 0 Å². The third-order valence-corrected chi connectivity index (χ3v) is 4.78. The summed E-state index contributed by atoms with van der Waals surface area (Å²) in [6.07, 6.45) is 1.83. The number of hydrogen-bond acceptors (Lipinski definition) is 4. The van der Waals surface area contributed by atoms with Crippen LogP contribution in [0.15, 0.2) is 4.47 Å². The molecule has 1 unspecified atom stereocenters. The molecular weight excluding hydrogens is 336 g/mol. The van der Waals surface area contributed by atoms with Crippen molar-refractivity contribution in [1.82, 2.24) is 20.0 Å². The molecular formula is C14H21BrN4O2. The first-order chi connectivity index (χ1) is 9.99. The van der Waals surface area contributed by atoms with Crippen molar-refractivity contribution < 1.29 is 9.59 Å². The Morgan fingerprint density at radius 2 is 2.10 bits per heavy atom. The van der Waals surface area contributed by atoms with Crippen molar-refractivity contribution >= 4 is 27.7 Å². The van der Waals surface area contributed by atoms with Crippen LogP contribution in [-0.2, 0) is 29.1 Å². The van der Waals surface area contributed by atoms with Crippen molar-refractivity contribution in [3.05, 3.63) is 15.9 Å². The lowest BCUT2D eigenvalue weighted by Gasteiger charge is -2.28. The lowest BCUT2D eigenvalue weighted by molar-refractivity contribution is -0.148. The summed E-state index contributed by atoms with van der Waals surface area (Å²) in [5.41, 5.74) is 2.07. The molecule has 1 aromatic heterocycles. The molecule has 1 N–H and O–H groups in total. The number of rotatable bonds is 5. The fourth-order valence-electron chi connectivity index (χ4n) is 2.51. The number of carbonyl (C=O) groups is 2. The Morgan fingerprint density at radius 3 is 2.71 bits per heavy atom. The predicted molar refractivity (Wildman–Crippen MR) is 82.6 cm³/mol. The number of nitrogens with one attached hydrogen (secondary N) is 1. The van der Waals surface area contributed by atoms with Gasteiger partial charge in [0.05, 0.1) is 21.9 Å². The SMILES string of the molecule is CCc1nn(CC)c(CNC2CCC(=O)N(C)C2=O)c1Br. The molecule has 1 aliphatic heterocycles. The maximum atomic E-state index is 12.1. The number of hydrogen-bond donors (Lipinski definition) is 1. The highest BCUT2D eigenvalue weighted by atomic mass is 79.9. The van der Waals surface area contributed by atoms with E-state index in [-0.39, 0.29) is 17.9 Å². The number of imide groups is 1. The van der Waals surface area contributed by atoms with Crippen LogP contribution in [0.25, 0.3) is 0 Å². The third kappa shape index (κ3) is 3.18. The number of likely N-dealkylation sites (N-methyl/N-ethyl adjacent to an activating group) is 1. The number of carbonyl (C=O) groups excluding carboxylic acids is 2. The lowest BCUT2D eigenvalue weighted by Crippen LogP contribution is -2.51. The van der Waals surface area contributed by atoms with Gasteiger partial charge in [-0.05, 0) is 35.7 Å². The predicted octanol–water partition coefficient (Wildman–Crippen LogP) is 1.46. The van der Waals surface area contributed by atoms with E-state index in [1.54, 1.807) is 7.05 Å². The van der Waals surface area contributed by atoms with E-state index in [2.05, 4.69) is 33.3 Å². The fraction of sp³-hybridized carbons (Fsp3) is 0.643. The summed E-state index contributed by atoms with van der Waals surface area (Å²) in [6.45, 7) is 5.45. The number of aryl methyl sites for hydroxylation is 2. The van der Waals surface area contributed by atoms with Crippen LogP contribution >= 0.6 is 15.9 Å². The van der Waals surface area contributed by atoms with E-state index in [0.717, 1.165) is 28.8 Å². The van der Waals surface area contributed by atoms with E-state index >= 15 is 0 Å². The van der Waals surface area contributed by atoms with Gasteiger partial charge in [0.2, 0.25) is 11.8 Å². The van der Waals surface area contributed by atoms with Gasteiger partial charge in [-0.25, -0.2) is 0 Å². The first-order valence-electron chi connectivity index (χ1n) is 7.27. The zero-order valence-electron chi connectivity index (χ0n) is 12.6. The number of amides is 2. The van der Waals surface area contributed by atoms with Crippen molar-refractivity contribution in [3.63, 3.8) is 0 Å². The molecule has 1 aliphatic rings. The Labute approximate surface area is 133 Å². The highest BCUT2D eigenvalue weighted by molar-refractivity contribution is 9.10. The molecule has 0 spiro atoms. The number of aromatic nitrogens is 2. The van der Waals surface area contributed by atoms with Crippen LogP contribution in [0.5, 0.6) is 0 Å². The standard InChI is InChI=1S/C14H21BrN4O2/c1-4-9-13(15)11(19(5-2)17-9)8-16-10-6-7-12(20)18(3)14(10)21/h10,16H,4-8H2,1-3H3. The van der Waals surface area contributed by atoms with Gasteiger partial charge >= 0.3 is 0 Å². The van der Waals surface area contributed by atoms with Crippen LogP contribution in [0.4, 0.5) is 0 Å². The van der Waals surface area contributed by atoms with E-state index in [0.29, 0.717) is 19.4 Å². The molecule has 2 rings (SSSR count). The van der Waals surface area contributed by atoms with E-state index in [4.69, 9.17) is 0 Å².